The summed E-state index contributed by atoms with van der Waals surface area (Å²) in [7, 11) is 0. The molecule has 0 aromatic heterocycles. The van der Waals surface area contributed by atoms with Crippen LogP contribution in [-0.2, 0) is 21.5 Å². The zero-order valence-electron chi connectivity index (χ0n) is 11.0. The molecule has 21 heavy (non-hydrogen) atoms. The second-order valence-corrected chi connectivity index (χ2v) is 6.56. The van der Waals surface area contributed by atoms with Crippen molar-refractivity contribution in [2.75, 3.05) is 0 Å². The second kappa shape index (κ2) is 5.53. The lowest BCUT2D eigenvalue weighted by molar-refractivity contribution is -0.136. The summed E-state index contributed by atoms with van der Waals surface area (Å²) in [4.78, 5) is 37.3. The average molecular weight is 416 g/mol. The lowest BCUT2D eigenvalue weighted by Crippen LogP contribution is -2.52. The number of nitrogens with zero attached hydrogens (tertiary/aromatic N) is 1. The number of fused-ring (bicyclic) bond motifs is 1. The quantitative estimate of drug-likeness (QED) is 0.594. The van der Waals surface area contributed by atoms with Crippen molar-refractivity contribution in [2.45, 2.75) is 30.8 Å². The van der Waals surface area contributed by atoms with Gasteiger partial charge >= 0.3 is 0 Å². The van der Waals surface area contributed by atoms with Crippen LogP contribution in [0.15, 0.2) is 16.6 Å². The third kappa shape index (κ3) is 2.53. The van der Waals surface area contributed by atoms with Crippen molar-refractivity contribution in [1.29, 1.82) is 0 Å². The monoisotopic (exact) mass is 414 g/mol. The number of carbonyl (C=O) groups is 3. The van der Waals surface area contributed by atoms with Crippen molar-refractivity contribution in [3.8, 4) is 0 Å². The van der Waals surface area contributed by atoms with Crippen LogP contribution in [0.5, 0.6) is 0 Å². The standard InChI is InChI=1S/C14H12Br2N2O3/c15-5-7-3-8-6-18(14(21)12(8)9(16)4-7)10-1-2-11(19)17-13(10)20/h3-4,10H,1-2,5-6H2,(H,17,19,20). The highest BCUT2D eigenvalue weighted by Gasteiger charge is 2.39. The highest BCUT2D eigenvalue weighted by Crippen LogP contribution is 2.33. The van der Waals surface area contributed by atoms with E-state index >= 15 is 0 Å². The van der Waals surface area contributed by atoms with Gasteiger partial charge in [0.15, 0.2) is 0 Å². The van der Waals surface area contributed by atoms with Gasteiger partial charge in [-0.15, -0.1) is 0 Å². The van der Waals surface area contributed by atoms with Crippen LogP contribution in [0.1, 0.15) is 34.3 Å². The van der Waals surface area contributed by atoms with Crippen LogP contribution in [0, 0.1) is 0 Å². The maximum Gasteiger partial charge on any atom is 0.256 e. The molecule has 1 atom stereocenters. The fourth-order valence-corrected chi connectivity index (χ4v) is 3.84. The molecule has 2 aliphatic heterocycles. The van der Waals surface area contributed by atoms with E-state index in [0.29, 0.717) is 23.9 Å². The first-order valence-electron chi connectivity index (χ1n) is 6.53. The van der Waals surface area contributed by atoms with Gasteiger partial charge in [-0.25, -0.2) is 0 Å². The van der Waals surface area contributed by atoms with Gasteiger partial charge in [0.25, 0.3) is 5.91 Å². The van der Waals surface area contributed by atoms with Crippen LogP contribution in [0.4, 0.5) is 0 Å². The summed E-state index contributed by atoms with van der Waals surface area (Å²) in [6.07, 6.45) is 0.650. The maximum atomic E-state index is 12.6. The van der Waals surface area contributed by atoms with Gasteiger partial charge in [-0.3, -0.25) is 19.7 Å². The maximum absolute atomic E-state index is 12.6. The summed E-state index contributed by atoms with van der Waals surface area (Å²) in [5.41, 5.74) is 2.59. The fourth-order valence-electron chi connectivity index (χ4n) is 2.80. The Balaban J connectivity index is 1.92. The molecule has 5 nitrogen and oxygen atoms in total. The fraction of sp³-hybridized carbons (Fsp3) is 0.357. The summed E-state index contributed by atoms with van der Waals surface area (Å²) in [6, 6.07) is 3.31. The molecule has 1 N–H and O–H groups in total. The average Bonchev–Trinajstić information content (AvgIpc) is 2.76. The zero-order chi connectivity index (χ0) is 15.1. The molecule has 2 aliphatic rings. The molecular weight excluding hydrogens is 404 g/mol. The lowest BCUT2D eigenvalue weighted by Gasteiger charge is -2.29. The largest absolute Gasteiger partial charge is 0.322 e. The van der Waals surface area contributed by atoms with Gasteiger partial charge in [-0.1, -0.05) is 22.0 Å². The van der Waals surface area contributed by atoms with E-state index < -0.39 is 6.04 Å². The van der Waals surface area contributed by atoms with Gasteiger partial charge in [0.1, 0.15) is 6.04 Å². The van der Waals surface area contributed by atoms with Gasteiger partial charge in [-0.05, 0) is 39.5 Å². The van der Waals surface area contributed by atoms with Crippen molar-refractivity contribution < 1.29 is 14.4 Å². The van der Waals surface area contributed by atoms with E-state index in [1.54, 1.807) is 4.90 Å². The molecule has 3 rings (SSSR count). The van der Waals surface area contributed by atoms with Gasteiger partial charge in [0, 0.05) is 22.8 Å². The van der Waals surface area contributed by atoms with Crippen molar-refractivity contribution in [3.63, 3.8) is 0 Å². The Morgan fingerprint density at radius 1 is 1.29 bits per heavy atom. The number of piperidine rings is 1. The minimum absolute atomic E-state index is 0.160. The van der Waals surface area contributed by atoms with Crippen molar-refractivity contribution in [3.05, 3.63) is 33.3 Å². The molecule has 0 radical (unpaired) electrons. The first-order chi connectivity index (χ1) is 10.0. The van der Waals surface area contributed by atoms with E-state index in [1.807, 2.05) is 12.1 Å². The molecule has 2 heterocycles. The number of rotatable bonds is 2. The van der Waals surface area contributed by atoms with E-state index in [2.05, 4.69) is 37.2 Å². The Bertz CT molecular complexity index is 660. The molecule has 7 heteroatoms. The van der Waals surface area contributed by atoms with E-state index in [9.17, 15) is 14.4 Å². The van der Waals surface area contributed by atoms with Crippen molar-refractivity contribution in [2.24, 2.45) is 0 Å². The summed E-state index contributed by atoms with van der Waals surface area (Å²) in [5.74, 6) is -0.820. The minimum atomic E-state index is -0.568. The van der Waals surface area contributed by atoms with E-state index in [1.165, 1.54) is 0 Å². The van der Waals surface area contributed by atoms with Crippen molar-refractivity contribution >= 4 is 49.6 Å². The predicted octanol–water partition coefficient (Wildman–Crippen LogP) is 2.10. The number of hydrogen-bond donors (Lipinski definition) is 1. The molecular formula is C14H12Br2N2O3. The molecule has 1 aromatic carbocycles. The highest BCUT2D eigenvalue weighted by molar-refractivity contribution is 9.10. The van der Waals surface area contributed by atoms with E-state index in [4.69, 9.17) is 0 Å². The lowest BCUT2D eigenvalue weighted by atomic mass is 10.0. The Morgan fingerprint density at radius 3 is 2.71 bits per heavy atom. The van der Waals surface area contributed by atoms with Crippen molar-refractivity contribution in [1.82, 2.24) is 10.2 Å². The predicted molar refractivity (Wildman–Crippen MR) is 82.8 cm³/mol. The Labute approximate surface area is 138 Å². The molecule has 110 valence electrons. The number of benzene rings is 1. The molecule has 1 unspecified atom stereocenters. The Hall–Kier alpha value is -1.21. The van der Waals surface area contributed by atoms with Gasteiger partial charge < -0.3 is 4.90 Å². The third-order valence-corrected chi connectivity index (χ3v) is 5.06. The van der Waals surface area contributed by atoms with E-state index in [-0.39, 0.29) is 24.1 Å². The first kappa shape index (κ1) is 14.7. The molecule has 1 fully saturated rings. The van der Waals surface area contributed by atoms with Gasteiger partial charge in [0.2, 0.25) is 11.8 Å². The number of alkyl halides is 1. The van der Waals surface area contributed by atoms with Crippen LogP contribution in [0.25, 0.3) is 0 Å². The number of amides is 3. The van der Waals surface area contributed by atoms with Crippen LogP contribution in [0.3, 0.4) is 0 Å². The number of carbonyl (C=O) groups excluding carboxylic acids is 3. The van der Waals surface area contributed by atoms with E-state index in [0.717, 1.165) is 15.6 Å². The molecule has 1 saturated heterocycles. The highest BCUT2D eigenvalue weighted by atomic mass is 79.9. The van der Waals surface area contributed by atoms with Gasteiger partial charge in [0.05, 0.1) is 5.56 Å². The first-order valence-corrected chi connectivity index (χ1v) is 8.44. The second-order valence-electron chi connectivity index (χ2n) is 5.15. The number of imide groups is 1. The zero-order valence-corrected chi connectivity index (χ0v) is 14.2. The van der Waals surface area contributed by atoms with Crippen LogP contribution >= 0.6 is 31.9 Å². The third-order valence-electron chi connectivity index (χ3n) is 3.79. The SMILES string of the molecule is O=C1CCC(N2Cc3cc(CBr)cc(Br)c3C2=O)C(=O)N1. The summed E-state index contributed by atoms with van der Waals surface area (Å²) in [5, 5.41) is 3.00. The smallest absolute Gasteiger partial charge is 0.256 e. The molecule has 0 spiro atoms. The number of halogens is 2. The summed E-state index contributed by atoms with van der Waals surface area (Å²) in [6.45, 7) is 0.403. The molecule has 0 aliphatic carbocycles. The molecule has 3 amide bonds. The van der Waals surface area contributed by atoms with Crippen LogP contribution in [0.2, 0.25) is 0 Å². The molecule has 0 saturated carbocycles. The Morgan fingerprint density at radius 2 is 2.05 bits per heavy atom. The molecule has 0 bridgehead atoms. The molecule has 1 aromatic rings. The van der Waals surface area contributed by atoms with Crippen LogP contribution in [-0.4, -0.2) is 28.7 Å². The summed E-state index contributed by atoms with van der Waals surface area (Å²) < 4.78 is 0.745. The van der Waals surface area contributed by atoms with Gasteiger partial charge in [-0.2, -0.15) is 0 Å². The minimum Gasteiger partial charge on any atom is -0.322 e. The topological polar surface area (TPSA) is 66.5 Å². The normalized spacial score (nSPS) is 21.5. The van der Waals surface area contributed by atoms with Crippen LogP contribution < -0.4 is 5.32 Å². The number of nitrogens with one attached hydrogen (secondary N) is 1. The Kier molecular flexibility index (Phi) is 3.88. The number of hydrogen-bond acceptors (Lipinski definition) is 3. The summed E-state index contributed by atoms with van der Waals surface area (Å²) >= 11 is 6.83.